The highest BCUT2D eigenvalue weighted by Gasteiger charge is 2.42. The molecule has 0 radical (unpaired) electrons. The van der Waals surface area contributed by atoms with Crippen molar-refractivity contribution in [2.45, 2.75) is 26.4 Å². The summed E-state index contributed by atoms with van der Waals surface area (Å²) in [6, 6.07) is 8.45. The number of carbonyl (C=O) groups is 1. The van der Waals surface area contributed by atoms with E-state index in [4.69, 9.17) is 19.9 Å². The van der Waals surface area contributed by atoms with E-state index in [-0.39, 0.29) is 5.41 Å². The molecule has 1 atom stereocenters. The van der Waals surface area contributed by atoms with E-state index < -0.39 is 18.0 Å². The van der Waals surface area contributed by atoms with Crippen LogP contribution in [0, 0.1) is 11.2 Å². The molecule has 3 rings (SSSR count). The summed E-state index contributed by atoms with van der Waals surface area (Å²) >= 11 is 0. The van der Waals surface area contributed by atoms with Crippen molar-refractivity contribution in [2.75, 3.05) is 14.2 Å². The van der Waals surface area contributed by atoms with Gasteiger partial charge in [-0.25, -0.2) is 9.18 Å². The average Bonchev–Trinajstić information content (AvgIpc) is 2.83. The first-order chi connectivity index (χ1) is 12.3. The van der Waals surface area contributed by atoms with Crippen molar-refractivity contribution in [1.82, 2.24) is 0 Å². The Morgan fingerprint density at radius 3 is 2.50 bits per heavy atom. The van der Waals surface area contributed by atoms with Crippen LogP contribution in [0.5, 0.6) is 11.5 Å². The fourth-order valence-electron chi connectivity index (χ4n) is 3.60. The van der Waals surface area contributed by atoms with E-state index in [1.165, 1.54) is 13.2 Å². The number of hydrogen-bond acceptors (Lipinski definition) is 4. The zero-order chi connectivity index (χ0) is 19.1. The minimum absolute atomic E-state index is 0.369. The standard InChI is InChI=1S/C20H22FNO4/c1-20(2)10-11-7-15(13-6-5-12(24-3)8-17(13)25-4)16(21)9-14(11)18(20)26-19(22)23/h5-9,18H,10H2,1-4H3,(H2,22,23). The second-order valence-corrected chi connectivity index (χ2v) is 7.08. The molecule has 0 saturated heterocycles. The van der Waals surface area contributed by atoms with Crippen molar-refractivity contribution in [3.05, 3.63) is 47.3 Å². The largest absolute Gasteiger partial charge is 0.497 e. The van der Waals surface area contributed by atoms with Crippen LogP contribution >= 0.6 is 0 Å². The van der Waals surface area contributed by atoms with Crippen molar-refractivity contribution in [1.29, 1.82) is 0 Å². The van der Waals surface area contributed by atoms with Gasteiger partial charge in [-0.05, 0) is 41.8 Å². The molecule has 0 heterocycles. The second-order valence-electron chi connectivity index (χ2n) is 7.08. The molecule has 0 bridgehead atoms. The van der Waals surface area contributed by atoms with Crippen LogP contribution in [0.2, 0.25) is 0 Å². The highest BCUT2D eigenvalue weighted by Crippen LogP contribution is 2.49. The first-order valence-corrected chi connectivity index (χ1v) is 8.27. The Bertz CT molecular complexity index is 863. The molecule has 2 aromatic rings. The van der Waals surface area contributed by atoms with Crippen LogP contribution in [-0.2, 0) is 11.2 Å². The smallest absolute Gasteiger partial charge is 0.405 e. The molecule has 1 unspecified atom stereocenters. The van der Waals surface area contributed by atoms with Gasteiger partial charge < -0.3 is 19.9 Å². The number of benzene rings is 2. The normalized spacial score (nSPS) is 17.5. The van der Waals surface area contributed by atoms with E-state index in [2.05, 4.69) is 0 Å². The molecule has 26 heavy (non-hydrogen) atoms. The molecule has 138 valence electrons. The van der Waals surface area contributed by atoms with E-state index in [9.17, 15) is 9.18 Å². The second kappa shape index (κ2) is 6.52. The van der Waals surface area contributed by atoms with Gasteiger partial charge in [0.25, 0.3) is 0 Å². The van der Waals surface area contributed by atoms with Crippen molar-refractivity contribution < 1.29 is 23.4 Å². The Morgan fingerprint density at radius 1 is 1.15 bits per heavy atom. The molecule has 1 aliphatic carbocycles. The fourth-order valence-corrected chi connectivity index (χ4v) is 3.60. The maximum Gasteiger partial charge on any atom is 0.405 e. The minimum atomic E-state index is -0.864. The Hall–Kier alpha value is -2.76. The van der Waals surface area contributed by atoms with E-state index in [1.54, 1.807) is 31.4 Å². The number of rotatable bonds is 4. The maximum atomic E-state index is 14.9. The number of nitrogens with two attached hydrogens (primary N) is 1. The van der Waals surface area contributed by atoms with Gasteiger partial charge in [0.05, 0.1) is 14.2 Å². The molecule has 0 saturated carbocycles. The third kappa shape index (κ3) is 3.07. The summed E-state index contributed by atoms with van der Waals surface area (Å²) in [5.41, 5.74) is 7.46. The monoisotopic (exact) mass is 359 g/mol. The number of ether oxygens (including phenoxy) is 3. The number of primary amides is 1. The molecule has 1 amide bonds. The fraction of sp³-hybridized carbons (Fsp3) is 0.350. The molecule has 5 nitrogen and oxygen atoms in total. The van der Waals surface area contributed by atoms with Gasteiger partial charge in [0, 0.05) is 22.6 Å². The van der Waals surface area contributed by atoms with Crippen molar-refractivity contribution in [3.8, 4) is 22.6 Å². The Morgan fingerprint density at radius 2 is 1.88 bits per heavy atom. The van der Waals surface area contributed by atoms with Crippen molar-refractivity contribution in [2.24, 2.45) is 11.1 Å². The predicted molar refractivity (Wildman–Crippen MR) is 95.8 cm³/mol. The maximum absolute atomic E-state index is 14.9. The van der Waals surface area contributed by atoms with Gasteiger partial charge in [0.1, 0.15) is 23.4 Å². The van der Waals surface area contributed by atoms with E-state index in [0.29, 0.717) is 34.6 Å². The van der Waals surface area contributed by atoms with Gasteiger partial charge in [0.15, 0.2) is 0 Å². The zero-order valence-electron chi connectivity index (χ0n) is 15.3. The first-order valence-electron chi connectivity index (χ1n) is 8.27. The van der Waals surface area contributed by atoms with Gasteiger partial charge in [0.2, 0.25) is 0 Å². The third-order valence-corrected chi connectivity index (χ3v) is 4.80. The first kappa shape index (κ1) is 18.0. The molecule has 6 heteroatoms. The summed E-state index contributed by atoms with van der Waals surface area (Å²) in [6.07, 6.45) is -0.792. The third-order valence-electron chi connectivity index (χ3n) is 4.80. The van der Waals surface area contributed by atoms with Crippen LogP contribution in [0.3, 0.4) is 0 Å². The summed E-state index contributed by atoms with van der Waals surface area (Å²) < 4.78 is 30.8. The van der Waals surface area contributed by atoms with Crippen LogP contribution in [0.1, 0.15) is 31.1 Å². The molecular formula is C20H22FNO4. The number of methoxy groups -OCH3 is 2. The van der Waals surface area contributed by atoms with E-state index in [0.717, 1.165) is 5.56 Å². The number of carbonyl (C=O) groups excluding carboxylic acids is 1. The quantitative estimate of drug-likeness (QED) is 0.887. The van der Waals surface area contributed by atoms with Gasteiger partial charge >= 0.3 is 6.09 Å². The number of fused-ring (bicyclic) bond motifs is 1. The molecule has 0 spiro atoms. The lowest BCUT2D eigenvalue weighted by atomic mass is 9.87. The summed E-state index contributed by atoms with van der Waals surface area (Å²) in [4.78, 5) is 11.2. The number of amides is 1. The molecule has 0 aromatic heterocycles. The molecule has 2 N–H and O–H groups in total. The molecular weight excluding hydrogens is 337 g/mol. The lowest BCUT2D eigenvalue weighted by Gasteiger charge is -2.26. The van der Waals surface area contributed by atoms with Gasteiger partial charge in [-0.15, -0.1) is 0 Å². The van der Waals surface area contributed by atoms with E-state index >= 15 is 0 Å². The van der Waals surface area contributed by atoms with Gasteiger partial charge in [-0.1, -0.05) is 13.8 Å². The highest BCUT2D eigenvalue weighted by atomic mass is 19.1. The summed E-state index contributed by atoms with van der Waals surface area (Å²) in [6.45, 7) is 3.93. The lowest BCUT2D eigenvalue weighted by Crippen LogP contribution is -2.25. The average molecular weight is 359 g/mol. The van der Waals surface area contributed by atoms with Crippen LogP contribution in [-0.4, -0.2) is 20.3 Å². The highest BCUT2D eigenvalue weighted by molar-refractivity contribution is 5.74. The van der Waals surface area contributed by atoms with Crippen LogP contribution < -0.4 is 15.2 Å². The van der Waals surface area contributed by atoms with Crippen molar-refractivity contribution in [3.63, 3.8) is 0 Å². The molecule has 2 aromatic carbocycles. The zero-order valence-corrected chi connectivity index (χ0v) is 15.3. The SMILES string of the molecule is COc1ccc(-c2cc3c(cc2F)C(OC(N)=O)C(C)(C)C3)c(OC)c1. The number of halogens is 1. The van der Waals surface area contributed by atoms with Crippen LogP contribution in [0.4, 0.5) is 9.18 Å². The van der Waals surface area contributed by atoms with Gasteiger partial charge in [-0.2, -0.15) is 0 Å². The summed E-state index contributed by atoms with van der Waals surface area (Å²) in [7, 11) is 3.09. The predicted octanol–water partition coefficient (Wildman–Crippen LogP) is 4.23. The van der Waals surface area contributed by atoms with Crippen molar-refractivity contribution >= 4 is 6.09 Å². The van der Waals surface area contributed by atoms with Crippen LogP contribution in [0.15, 0.2) is 30.3 Å². The van der Waals surface area contributed by atoms with E-state index in [1.807, 2.05) is 13.8 Å². The molecule has 1 aliphatic rings. The number of hydrogen-bond donors (Lipinski definition) is 1. The molecule has 0 aliphatic heterocycles. The Balaban J connectivity index is 2.10. The topological polar surface area (TPSA) is 70.8 Å². The Labute approximate surface area is 151 Å². The lowest BCUT2D eigenvalue weighted by molar-refractivity contribution is 0.0391. The Kier molecular flexibility index (Phi) is 4.52. The summed E-state index contributed by atoms with van der Waals surface area (Å²) in [5.74, 6) is 0.733. The van der Waals surface area contributed by atoms with Crippen LogP contribution in [0.25, 0.3) is 11.1 Å². The summed E-state index contributed by atoms with van der Waals surface area (Å²) in [5, 5.41) is 0. The molecule has 0 fully saturated rings. The minimum Gasteiger partial charge on any atom is -0.497 e. The van der Waals surface area contributed by atoms with Gasteiger partial charge in [-0.3, -0.25) is 0 Å².